The lowest BCUT2D eigenvalue weighted by Crippen LogP contribution is -2.20. The van der Waals surface area contributed by atoms with Crippen molar-refractivity contribution in [3.8, 4) is 0 Å². The Labute approximate surface area is 112 Å². The Morgan fingerprint density at radius 1 is 1.22 bits per heavy atom. The third kappa shape index (κ3) is 9.46. The van der Waals surface area contributed by atoms with E-state index in [4.69, 9.17) is 9.47 Å². The molecule has 0 N–H and O–H groups in total. The fraction of sp³-hybridized carbons (Fsp3) is 0.933. The van der Waals surface area contributed by atoms with Gasteiger partial charge >= 0.3 is 0 Å². The number of methoxy groups -OCH3 is 1. The monoisotopic (exact) mass is 258 g/mol. The van der Waals surface area contributed by atoms with Crippen LogP contribution < -0.4 is 0 Å². The van der Waals surface area contributed by atoms with E-state index in [9.17, 15) is 4.79 Å². The Hall–Kier alpha value is -0.570. The van der Waals surface area contributed by atoms with Crippen molar-refractivity contribution in [2.75, 3.05) is 7.11 Å². The average molecular weight is 258 g/mol. The first-order chi connectivity index (χ1) is 8.63. The third-order valence-electron chi connectivity index (χ3n) is 3.54. The van der Waals surface area contributed by atoms with Gasteiger partial charge in [0.05, 0.1) is 0 Å². The van der Waals surface area contributed by atoms with Crippen LogP contribution >= 0.6 is 0 Å². The largest absolute Gasteiger partial charge is 0.438 e. The molecule has 1 saturated carbocycles. The molecule has 1 fully saturated rings. The number of rotatable bonds is 6. The Kier molecular flexibility index (Phi) is 11.2. The summed E-state index contributed by atoms with van der Waals surface area (Å²) >= 11 is 0. The van der Waals surface area contributed by atoms with E-state index in [1.807, 2.05) is 0 Å². The van der Waals surface area contributed by atoms with E-state index in [0.29, 0.717) is 12.4 Å². The Morgan fingerprint density at radius 2 is 1.78 bits per heavy atom. The maximum atomic E-state index is 10.1. The van der Waals surface area contributed by atoms with Crippen LogP contribution in [-0.4, -0.2) is 19.9 Å². The third-order valence-corrected chi connectivity index (χ3v) is 3.54. The van der Waals surface area contributed by atoms with Crippen molar-refractivity contribution in [2.24, 2.45) is 11.8 Å². The highest BCUT2D eigenvalue weighted by Crippen LogP contribution is 2.27. The second-order valence-corrected chi connectivity index (χ2v) is 5.44. The zero-order valence-corrected chi connectivity index (χ0v) is 12.5. The lowest BCUT2D eigenvalue weighted by atomic mass is 9.87. The summed E-state index contributed by atoms with van der Waals surface area (Å²) in [4.78, 5) is 10.1. The minimum absolute atomic E-state index is 0.333. The van der Waals surface area contributed by atoms with Crippen LogP contribution in [0.25, 0.3) is 0 Å². The molecule has 3 nitrogen and oxygen atoms in total. The number of hydrogen-bond donors (Lipinski definition) is 0. The predicted molar refractivity (Wildman–Crippen MR) is 74.3 cm³/mol. The molecule has 0 radical (unpaired) electrons. The molecule has 0 aromatic rings. The topological polar surface area (TPSA) is 35.5 Å². The number of hydrogen-bond acceptors (Lipinski definition) is 3. The molecule has 0 aromatic carbocycles. The highest BCUT2D eigenvalue weighted by molar-refractivity contribution is 5.37. The summed E-state index contributed by atoms with van der Waals surface area (Å²) in [6.07, 6.45) is 8.30. The van der Waals surface area contributed by atoms with Crippen molar-refractivity contribution in [2.45, 2.75) is 72.0 Å². The van der Waals surface area contributed by atoms with E-state index in [0.717, 1.165) is 12.3 Å². The number of carbonyl (C=O) groups is 1. The molecule has 1 aliphatic carbocycles. The molecule has 1 atom stereocenters. The van der Waals surface area contributed by atoms with Crippen LogP contribution in [0, 0.1) is 11.8 Å². The van der Waals surface area contributed by atoms with Crippen LogP contribution in [0.3, 0.4) is 0 Å². The van der Waals surface area contributed by atoms with Gasteiger partial charge in [0, 0.05) is 13.5 Å². The van der Waals surface area contributed by atoms with E-state index in [1.165, 1.54) is 38.5 Å². The van der Waals surface area contributed by atoms with Gasteiger partial charge in [0.1, 0.15) is 0 Å². The Balaban J connectivity index is 0.000000494. The van der Waals surface area contributed by atoms with Gasteiger partial charge in [0.15, 0.2) is 0 Å². The highest BCUT2D eigenvalue weighted by atomic mass is 16.7. The molecule has 0 saturated heterocycles. The van der Waals surface area contributed by atoms with Gasteiger partial charge < -0.3 is 9.47 Å². The van der Waals surface area contributed by atoms with Crippen LogP contribution in [0.5, 0.6) is 0 Å². The van der Waals surface area contributed by atoms with Gasteiger partial charge in [-0.2, -0.15) is 0 Å². The standard InChI is InChI=1S/C10H18O3.C5H12/c1-12-10(13-8-11)7-9-5-3-2-4-6-9;1-4-5(2)3/h8-10H,2-7H2,1H3;5H,4H2,1-3H3. The molecule has 3 heteroatoms. The molecule has 108 valence electrons. The van der Waals surface area contributed by atoms with Gasteiger partial charge in [-0.1, -0.05) is 59.3 Å². The van der Waals surface area contributed by atoms with E-state index in [1.54, 1.807) is 7.11 Å². The summed E-state index contributed by atoms with van der Waals surface area (Å²) < 4.78 is 9.83. The van der Waals surface area contributed by atoms with Gasteiger partial charge in [0.25, 0.3) is 6.47 Å². The van der Waals surface area contributed by atoms with Gasteiger partial charge in [-0.3, -0.25) is 4.79 Å². The molecule has 0 aromatic heterocycles. The maximum Gasteiger partial charge on any atom is 0.295 e. The molecular weight excluding hydrogens is 228 g/mol. The normalized spacial score (nSPS) is 17.8. The van der Waals surface area contributed by atoms with Crippen LogP contribution in [0.2, 0.25) is 0 Å². The Bertz CT molecular complexity index is 186. The lowest BCUT2D eigenvalue weighted by Gasteiger charge is -2.24. The molecule has 0 bridgehead atoms. The smallest absolute Gasteiger partial charge is 0.295 e. The molecule has 0 aliphatic heterocycles. The second-order valence-electron chi connectivity index (χ2n) is 5.44. The zero-order valence-electron chi connectivity index (χ0n) is 12.5. The fourth-order valence-corrected chi connectivity index (χ4v) is 1.96. The van der Waals surface area contributed by atoms with Crippen molar-refractivity contribution in [3.63, 3.8) is 0 Å². The summed E-state index contributed by atoms with van der Waals surface area (Å²) in [5, 5.41) is 0. The molecule has 0 spiro atoms. The first-order valence-corrected chi connectivity index (χ1v) is 7.25. The highest BCUT2D eigenvalue weighted by Gasteiger charge is 2.19. The van der Waals surface area contributed by atoms with E-state index < -0.39 is 0 Å². The van der Waals surface area contributed by atoms with Gasteiger partial charge in [-0.25, -0.2) is 0 Å². The minimum Gasteiger partial charge on any atom is -0.438 e. The van der Waals surface area contributed by atoms with E-state index in [2.05, 4.69) is 20.8 Å². The Morgan fingerprint density at radius 3 is 2.17 bits per heavy atom. The predicted octanol–water partition coefficient (Wildman–Crippen LogP) is 4.15. The number of ether oxygens (including phenoxy) is 2. The zero-order chi connectivity index (χ0) is 13.8. The molecular formula is C15H30O3. The first kappa shape index (κ1) is 17.4. The maximum absolute atomic E-state index is 10.1. The molecule has 1 unspecified atom stereocenters. The van der Waals surface area contributed by atoms with Crippen LogP contribution in [-0.2, 0) is 14.3 Å². The SMILES string of the molecule is CCC(C)C.COC(CC1CCCCC1)OC=O. The average Bonchev–Trinajstić information content (AvgIpc) is 2.40. The van der Waals surface area contributed by atoms with E-state index >= 15 is 0 Å². The fourth-order valence-electron chi connectivity index (χ4n) is 1.96. The van der Waals surface area contributed by atoms with Gasteiger partial charge in [-0.05, 0) is 11.8 Å². The summed E-state index contributed by atoms with van der Waals surface area (Å²) in [5.74, 6) is 1.56. The van der Waals surface area contributed by atoms with Crippen LogP contribution in [0.4, 0.5) is 0 Å². The summed E-state index contributed by atoms with van der Waals surface area (Å²) in [6, 6.07) is 0. The van der Waals surface area contributed by atoms with Crippen LogP contribution in [0.1, 0.15) is 65.7 Å². The quantitative estimate of drug-likeness (QED) is 0.530. The minimum atomic E-state index is -0.333. The molecule has 18 heavy (non-hydrogen) atoms. The second kappa shape index (κ2) is 11.5. The van der Waals surface area contributed by atoms with Crippen molar-refractivity contribution in [3.05, 3.63) is 0 Å². The molecule has 0 heterocycles. The molecule has 1 aliphatic rings. The van der Waals surface area contributed by atoms with Crippen molar-refractivity contribution >= 4 is 6.47 Å². The van der Waals surface area contributed by atoms with Crippen molar-refractivity contribution in [1.29, 1.82) is 0 Å². The number of carbonyl (C=O) groups excluding carboxylic acids is 1. The summed E-state index contributed by atoms with van der Waals surface area (Å²) in [7, 11) is 1.58. The lowest BCUT2D eigenvalue weighted by molar-refractivity contribution is -0.161. The van der Waals surface area contributed by atoms with E-state index in [-0.39, 0.29) is 6.29 Å². The molecule has 0 amide bonds. The summed E-state index contributed by atoms with van der Waals surface area (Å²) in [6.45, 7) is 7.11. The molecule has 1 rings (SSSR count). The van der Waals surface area contributed by atoms with Crippen LogP contribution in [0.15, 0.2) is 0 Å². The van der Waals surface area contributed by atoms with Gasteiger partial charge in [0.2, 0.25) is 6.29 Å². The summed E-state index contributed by atoms with van der Waals surface area (Å²) in [5.41, 5.74) is 0. The van der Waals surface area contributed by atoms with Crippen molar-refractivity contribution in [1.82, 2.24) is 0 Å². The van der Waals surface area contributed by atoms with Crippen molar-refractivity contribution < 1.29 is 14.3 Å². The first-order valence-electron chi connectivity index (χ1n) is 7.25. The van der Waals surface area contributed by atoms with Gasteiger partial charge in [-0.15, -0.1) is 0 Å².